The maximum absolute atomic E-state index is 12.1. The van der Waals surface area contributed by atoms with Gasteiger partial charge >= 0.3 is 0 Å². The molecule has 22 heavy (non-hydrogen) atoms. The number of thioether (sulfide) groups is 1. The summed E-state index contributed by atoms with van der Waals surface area (Å²) < 4.78 is 5.48. The Kier molecular flexibility index (Phi) is 6.49. The summed E-state index contributed by atoms with van der Waals surface area (Å²) in [6, 6.07) is 18.1. The van der Waals surface area contributed by atoms with Crippen molar-refractivity contribution in [1.82, 2.24) is 4.90 Å². The predicted molar refractivity (Wildman–Crippen MR) is 90.8 cm³/mol. The molecule has 0 fully saturated rings. The summed E-state index contributed by atoms with van der Waals surface area (Å²) in [5.74, 6) is -0.00938. The first-order valence-electron chi connectivity index (χ1n) is 7.17. The summed E-state index contributed by atoms with van der Waals surface area (Å²) in [4.78, 5) is 15.0. The molecule has 0 spiro atoms. The van der Waals surface area contributed by atoms with Gasteiger partial charge in [-0.1, -0.05) is 42.5 Å². The van der Waals surface area contributed by atoms with Crippen LogP contribution in [0.2, 0.25) is 0 Å². The van der Waals surface area contributed by atoms with Gasteiger partial charge in [-0.2, -0.15) is 0 Å². The number of amides is 1. The van der Waals surface area contributed by atoms with E-state index in [1.807, 2.05) is 30.3 Å². The third-order valence-electron chi connectivity index (χ3n) is 3.34. The molecule has 0 N–H and O–H groups in total. The highest BCUT2D eigenvalue weighted by molar-refractivity contribution is 7.98. The van der Waals surface area contributed by atoms with Crippen LogP contribution in [0.25, 0.3) is 0 Å². The second-order valence-corrected chi connectivity index (χ2v) is 5.96. The Morgan fingerprint density at radius 3 is 2.36 bits per heavy atom. The summed E-state index contributed by atoms with van der Waals surface area (Å²) in [7, 11) is 1.80. The van der Waals surface area contributed by atoms with Gasteiger partial charge in [-0.3, -0.25) is 4.79 Å². The minimum absolute atomic E-state index is 0.00938. The fourth-order valence-corrected chi connectivity index (χ4v) is 2.44. The highest BCUT2D eigenvalue weighted by Crippen LogP contribution is 2.15. The molecule has 3 nitrogen and oxygen atoms in total. The Labute approximate surface area is 136 Å². The smallest absolute Gasteiger partial charge is 0.248 e. The molecule has 116 valence electrons. The van der Waals surface area contributed by atoms with E-state index in [0.29, 0.717) is 13.2 Å². The average Bonchev–Trinajstić information content (AvgIpc) is 2.56. The quantitative estimate of drug-likeness (QED) is 0.731. The molecule has 0 saturated heterocycles. The molecule has 0 heterocycles. The van der Waals surface area contributed by atoms with Crippen LogP contribution in [0.3, 0.4) is 0 Å². The lowest BCUT2D eigenvalue weighted by atomic mass is 10.2. The number of benzene rings is 2. The SMILES string of the molecule is CSc1ccc(CN(C)C(=O)COCc2ccccc2)cc1. The van der Waals surface area contributed by atoms with E-state index in [-0.39, 0.29) is 12.5 Å². The summed E-state index contributed by atoms with van der Waals surface area (Å²) in [6.45, 7) is 1.17. The number of nitrogens with zero attached hydrogens (tertiary/aromatic N) is 1. The molecule has 0 bridgehead atoms. The van der Waals surface area contributed by atoms with Crippen LogP contribution < -0.4 is 0 Å². The largest absolute Gasteiger partial charge is 0.367 e. The standard InChI is InChI=1S/C18H21NO2S/c1-19(12-15-8-10-17(22-2)11-9-15)18(20)14-21-13-16-6-4-3-5-7-16/h3-11H,12-14H2,1-2H3. The van der Waals surface area contributed by atoms with Gasteiger partial charge in [0.05, 0.1) is 6.61 Å². The van der Waals surface area contributed by atoms with E-state index in [4.69, 9.17) is 4.74 Å². The number of carbonyl (C=O) groups excluding carboxylic acids is 1. The maximum atomic E-state index is 12.1. The first-order chi connectivity index (χ1) is 10.7. The molecular formula is C18H21NO2S. The third kappa shape index (κ3) is 5.20. The molecule has 2 aromatic carbocycles. The second kappa shape index (κ2) is 8.61. The second-order valence-electron chi connectivity index (χ2n) is 5.08. The molecule has 0 unspecified atom stereocenters. The summed E-state index contributed by atoms with van der Waals surface area (Å²) in [5.41, 5.74) is 2.20. The van der Waals surface area contributed by atoms with Crippen molar-refractivity contribution in [2.75, 3.05) is 19.9 Å². The maximum Gasteiger partial charge on any atom is 0.248 e. The summed E-state index contributed by atoms with van der Waals surface area (Å²) in [5, 5.41) is 0. The van der Waals surface area contributed by atoms with E-state index in [1.54, 1.807) is 23.7 Å². The van der Waals surface area contributed by atoms with Crippen molar-refractivity contribution < 1.29 is 9.53 Å². The van der Waals surface area contributed by atoms with Crippen molar-refractivity contribution >= 4 is 17.7 Å². The molecule has 0 aliphatic heterocycles. The van der Waals surface area contributed by atoms with E-state index in [1.165, 1.54) is 4.90 Å². The fourth-order valence-electron chi connectivity index (χ4n) is 2.03. The molecule has 0 radical (unpaired) electrons. The van der Waals surface area contributed by atoms with Gasteiger partial charge in [0.25, 0.3) is 0 Å². The predicted octanol–water partition coefficient (Wildman–Crippen LogP) is 3.58. The van der Waals surface area contributed by atoms with Crippen LogP contribution in [0.15, 0.2) is 59.5 Å². The van der Waals surface area contributed by atoms with Gasteiger partial charge < -0.3 is 9.64 Å². The summed E-state index contributed by atoms with van der Waals surface area (Å²) in [6.07, 6.45) is 2.05. The van der Waals surface area contributed by atoms with E-state index in [2.05, 4.69) is 30.5 Å². The van der Waals surface area contributed by atoms with Crippen molar-refractivity contribution in [2.24, 2.45) is 0 Å². The monoisotopic (exact) mass is 315 g/mol. The Hall–Kier alpha value is -1.78. The highest BCUT2D eigenvalue weighted by atomic mass is 32.2. The van der Waals surface area contributed by atoms with E-state index < -0.39 is 0 Å². The Morgan fingerprint density at radius 2 is 1.73 bits per heavy atom. The van der Waals surface area contributed by atoms with Crippen molar-refractivity contribution in [3.8, 4) is 0 Å². The number of likely N-dealkylation sites (N-methyl/N-ethyl adjacent to an activating group) is 1. The first kappa shape index (κ1) is 16.6. The Balaban J connectivity index is 1.76. The normalized spacial score (nSPS) is 10.5. The van der Waals surface area contributed by atoms with Crippen molar-refractivity contribution in [3.05, 3.63) is 65.7 Å². The zero-order valence-corrected chi connectivity index (χ0v) is 13.8. The van der Waals surface area contributed by atoms with Crippen LogP contribution in [-0.2, 0) is 22.7 Å². The molecule has 2 aromatic rings. The number of carbonyl (C=O) groups is 1. The minimum atomic E-state index is -0.00938. The third-order valence-corrected chi connectivity index (χ3v) is 4.09. The van der Waals surface area contributed by atoms with E-state index >= 15 is 0 Å². The number of hydrogen-bond donors (Lipinski definition) is 0. The Bertz CT molecular complexity index is 584. The van der Waals surface area contributed by atoms with Crippen molar-refractivity contribution in [3.63, 3.8) is 0 Å². The minimum Gasteiger partial charge on any atom is -0.367 e. The van der Waals surface area contributed by atoms with Gasteiger partial charge in [0.1, 0.15) is 6.61 Å². The lowest BCUT2D eigenvalue weighted by molar-refractivity contribution is -0.135. The van der Waals surface area contributed by atoms with E-state index in [9.17, 15) is 4.79 Å². The molecule has 0 aromatic heterocycles. The number of ether oxygens (including phenoxy) is 1. The topological polar surface area (TPSA) is 29.5 Å². The van der Waals surface area contributed by atoms with Gasteiger partial charge in [-0.05, 0) is 29.5 Å². The molecule has 0 saturated carbocycles. The van der Waals surface area contributed by atoms with Crippen LogP contribution in [0.4, 0.5) is 0 Å². The lowest BCUT2D eigenvalue weighted by Gasteiger charge is -2.17. The van der Waals surface area contributed by atoms with Crippen molar-refractivity contribution in [2.45, 2.75) is 18.0 Å². The fraction of sp³-hybridized carbons (Fsp3) is 0.278. The molecule has 4 heteroatoms. The van der Waals surface area contributed by atoms with Gasteiger partial charge in [0.15, 0.2) is 0 Å². The molecule has 0 aliphatic carbocycles. The number of hydrogen-bond acceptors (Lipinski definition) is 3. The van der Waals surface area contributed by atoms with Crippen LogP contribution in [0.5, 0.6) is 0 Å². The molecule has 2 rings (SSSR count). The van der Waals surface area contributed by atoms with Crippen molar-refractivity contribution in [1.29, 1.82) is 0 Å². The van der Waals surface area contributed by atoms with E-state index in [0.717, 1.165) is 11.1 Å². The first-order valence-corrected chi connectivity index (χ1v) is 8.40. The van der Waals surface area contributed by atoms with Crippen LogP contribution in [0.1, 0.15) is 11.1 Å². The summed E-state index contributed by atoms with van der Waals surface area (Å²) >= 11 is 1.71. The zero-order chi connectivity index (χ0) is 15.8. The average molecular weight is 315 g/mol. The number of rotatable bonds is 7. The Morgan fingerprint density at radius 1 is 1.05 bits per heavy atom. The molecular weight excluding hydrogens is 294 g/mol. The van der Waals surface area contributed by atoms with Crippen LogP contribution in [0, 0.1) is 0 Å². The van der Waals surface area contributed by atoms with Gasteiger partial charge in [-0.25, -0.2) is 0 Å². The lowest BCUT2D eigenvalue weighted by Crippen LogP contribution is -2.29. The highest BCUT2D eigenvalue weighted by Gasteiger charge is 2.09. The molecule has 1 amide bonds. The van der Waals surface area contributed by atoms with Crippen LogP contribution in [-0.4, -0.2) is 30.7 Å². The molecule has 0 aliphatic rings. The van der Waals surface area contributed by atoms with Gasteiger partial charge in [-0.15, -0.1) is 11.8 Å². The zero-order valence-electron chi connectivity index (χ0n) is 13.0. The van der Waals surface area contributed by atoms with Gasteiger partial charge in [0.2, 0.25) is 5.91 Å². The van der Waals surface area contributed by atoms with Crippen LogP contribution >= 0.6 is 11.8 Å². The molecule has 0 atom stereocenters. The van der Waals surface area contributed by atoms with Gasteiger partial charge in [0, 0.05) is 18.5 Å².